The Balaban J connectivity index is 2.38. The van der Waals surface area contributed by atoms with E-state index in [0.717, 1.165) is 6.07 Å². The predicted molar refractivity (Wildman–Crippen MR) is 64.3 cm³/mol. The molecule has 0 saturated carbocycles. The quantitative estimate of drug-likeness (QED) is 0.659. The third-order valence-electron chi connectivity index (χ3n) is 2.48. The number of hydrogen-bond donors (Lipinski definition) is 2. The monoisotopic (exact) mass is 267 g/mol. The smallest absolute Gasteiger partial charge is 0.356 e. The van der Waals surface area contributed by atoms with E-state index in [1.165, 1.54) is 12.1 Å². The summed E-state index contributed by atoms with van der Waals surface area (Å²) in [6.45, 7) is 1.88. The highest BCUT2D eigenvalue weighted by Crippen LogP contribution is 2.27. The van der Waals surface area contributed by atoms with Crippen LogP contribution in [0.5, 0.6) is 0 Å². The maximum absolute atomic E-state index is 13.8. The SMILES string of the molecule is CCOC(=O)c1cc(-c2ccc(F)c(N)c2F)n[nH]1. The molecule has 1 aromatic heterocycles. The molecule has 7 heteroatoms. The number of nitrogens with zero attached hydrogens (tertiary/aromatic N) is 1. The molecule has 0 aliphatic rings. The Hall–Kier alpha value is -2.44. The van der Waals surface area contributed by atoms with Crippen molar-refractivity contribution in [3.8, 4) is 11.3 Å². The molecule has 0 bridgehead atoms. The fraction of sp³-hybridized carbons (Fsp3) is 0.167. The van der Waals surface area contributed by atoms with Crippen molar-refractivity contribution in [2.75, 3.05) is 12.3 Å². The molecular formula is C12H11F2N3O2. The van der Waals surface area contributed by atoms with Crippen molar-refractivity contribution in [2.24, 2.45) is 0 Å². The van der Waals surface area contributed by atoms with E-state index < -0.39 is 23.3 Å². The number of esters is 1. The van der Waals surface area contributed by atoms with Gasteiger partial charge in [-0.2, -0.15) is 5.10 Å². The zero-order valence-corrected chi connectivity index (χ0v) is 10.0. The van der Waals surface area contributed by atoms with Crippen LogP contribution in [0, 0.1) is 11.6 Å². The van der Waals surface area contributed by atoms with Crippen LogP contribution in [0.2, 0.25) is 0 Å². The highest BCUT2D eigenvalue weighted by atomic mass is 19.1. The average Bonchev–Trinajstić information content (AvgIpc) is 2.86. The zero-order chi connectivity index (χ0) is 14.0. The van der Waals surface area contributed by atoms with E-state index in [-0.39, 0.29) is 23.6 Å². The first-order valence-corrected chi connectivity index (χ1v) is 5.51. The molecule has 1 aromatic carbocycles. The van der Waals surface area contributed by atoms with Gasteiger partial charge in [0.15, 0.2) is 5.82 Å². The van der Waals surface area contributed by atoms with E-state index in [1.54, 1.807) is 6.92 Å². The maximum atomic E-state index is 13.8. The van der Waals surface area contributed by atoms with Crippen LogP contribution in [0.1, 0.15) is 17.4 Å². The van der Waals surface area contributed by atoms with Crippen LogP contribution in [0.3, 0.4) is 0 Å². The van der Waals surface area contributed by atoms with Crippen LogP contribution in [-0.4, -0.2) is 22.8 Å². The average molecular weight is 267 g/mol. The first kappa shape index (κ1) is 13.0. The number of hydrogen-bond acceptors (Lipinski definition) is 4. The molecule has 2 rings (SSSR count). The van der Waals surface area contributed by atoms with E-state index in [1.807, 2.05) is 0 Å². The van der Waals surface area contributed by atoms with E-state index in [0.29, 0.717) is 0 Å². The van der Waals surface area contributed by atoms with Gasteiger partial charge in [0.25, 0.3) is 0 Å². The first-order chi connectivity index (χ1) is 9.04. The highest BCUT2D eigenvalue weighted by Gasteiger charge is 2.17. The number of aromatic nitrogens is 2. The molecule has 0 aliphatic carbocycles. The molecule has 0 radical (unpaired) electrons. The number of nitrogens with two attached hydrogens (primary N) is 1. The number of anilines is 1. The molecule has 3 N–H and O–H groups in total. The molecule has 5 nitrogen and oxygen atoms in total. The van der Waals surface area contributed by atoms with Gasteiger partial charge in [-0.1, -0.05) is 0 Å². The number of nitrogen functional groups attached to an aromatic ring is 1. The normalized spacial score (nSPS) is 10.5. The molecule has 100 valence electrons. The van der Waals surface area contributed by atoms with Crippen molar-refractivity contribution in [1.82, 2.24) is 10.2 Å². The Bertz CT molecular complexity index is 625. The molecule has 0 saturated heterocycles. The lowest BCUT2D eigenvalue weighted by Crippen LogP contribution is -2.04. The van der Waals surface area contributed by atoms with Gasteiger partial charge in [0.2, 0.25) is 0 Å². The molecule has 0 atom stereocenters. The Kier molecular flexibility index (Phi) is 3.46. The summed E-state index contributed by atoms with van der Waals surface area (Å²) in [5.74, 6) is -2.36. The standard InChI is InChI=1S/C12H11F2N3O2/c1-2-19-12(18)9-5-8(16-17-9)6-3-4-7(13)11(15)10(6)14/h3-5H,2,15H2,1H3,(H,16,17). The zero-order valence-electron chi connectivity index (χ0n) is 10.0. The molecule has 0 aliphatic heterocycles. The van der Waals surface area contributed by atoms with Crippen LogP contribution in [0.25, 0.3) is 11.3 Å². The summed E-state index contributed by atoms with van der Waals surface area (Å²) in [7, 11) is 0. The highest BCUT2D eigenvalue weighted by molar-refractivity contribution is 5.88. The van der Waals surface area contributed by atoms with Crippen molar-refractivity contribution in [1.29, 1.82) is 0 Å². The summed E-state index contributed by atoms with van der Waals surface area (Å²) >= 11 is 0. The lowest BCUT2D eigenvalue weighted by atomic mass is 10.1. The van der Waals surface area contributed by atoms with Crippen molar-refractivity contribution in [2.45, 2.75) is 6.92 Å². The summed E-state index contributed by atoms with van der Waals surface area (Å²) in [5, 5.41) is 6.20. The molecule has 19 heavy (non-hydrogen) atoms. The molecule has 2 aromatic rings. The number of carbonyl (C=O) groups is 1. The molecular weight excluding hydrogens is 256 g/mol. The minimum absolute atomic E-state index is 0.00528. The number of ether oxygens (including phenoxy) is 1. The molecule has 0 spiro atoms. The number of aromatic amines is 1. The third kappa shape index (κ3) is 2.40. The second-order valence-corrected chi connectivity index (χ2v) is 3.71. The van der Waals surface area contributed by atoms with Crippen molar-refractivity contribution in [3.63, 3.8) is 0 Å². The summed E-state index contributed by atoms with van der Waals surface area (Å²) in [6.07, 6.45) is 0. The second-order valence-electron chi connectivity index (χ2n) is 3.71. The maximum Gasteiger partial charge on any atom is 0.356 e. The molecule has 0 fully saturated rings. The number of benzene rings is 1. The van der Waals surface area contributed by atoms with Crippen LogP contribution >= 0.6 is 0 Å². The Labute approximate surface area is 107 Å². The van der Waals surface area contributed by atoms with Gasteiger partial charge < -0.3 is 10.5 Å². The molecule has 0 unspecified atom stereocenters. The predicted octanol–water partition coefficient (Wildman–Crippen LogP) is 2.11. The van der Waals surface area contributed by atoms with E-state index in [9.17, 15) is 13.6 Å². The fourth-order valence-corrected chi connectivity index (χ4v) is 1.54. The van der Waals surface area contributed by atoms with Gasteiger partial charge in [-0.25, -0.2) is 13.6 Å². The first-order valence-electron chi connectivity index (χ1n) is 5.51. The lowest BCUT2D eigenvalue weighted by Gasteiger charge is -2.03. The Morgan fingerprint density at radius 3 is 2.89 bits per heavy atom. The van der Waals surface area contributed by atoms with Gasteiger partial charge >= 0.3 is 5.97 Å². The summed E-state index contributed by atoms with van der Waals surface area (Å²) in [6, 6.07) is 3.55. The van der Waals surface area contributed by atoms with Gasteiger partial charge in [0.1, 0.15) is 17.2 Å². The summed E-state index contributed by atoms with van der Waals surface area (Å²) < 4.78 is 31.6. The minimum Gasteiger partial charge on any atom is -0.461 e. The molecule has 0 amide bonds. The molecule has 1 heterocycles. The number of nitrogens with one attached hydrogen (secondary N) is 1. The van der Waals surface area contributed by atoms with Crippen molar-refractivity contribution < 1.29 is 18.3 Å². The van der Waals surface area contributed by atoms with Crippen LogP contribution in [0.15, 0.2) is 18.2 Å². The minimum atomic E-state index is -0.915. The van der Waals surface area contributed by atoms with Gasteiger partial charge in [-0.3, -0.25) is 5.10 Å². The van der Waals surface area contributed by atoms with Crippen molar-refractivity contribution in [3.05, 3.63) is 35.5 Å². The summed E-state index contributed by atoms with van der Waals surface area (Å²) in [4.78, 5) is 11.4. The third-order valence-corrected chi connectivity index (χ3v) is 2.48. The lowest BCUT2D eigenvalue weighted by molar-refractivity contribution is 0.0519. The summed E-state index contributed by atoms with van der Waals surface area (Å²) in [5.41, 5.74) is 4.90. The van der Waals surface area contributed by atoms with E-state index in [4.69, 9.17) is 10.5 Å². The van der Waals surface area contributed by atoms with Crippen LogP contribution in [-0.2, 0) is 4.74 Å². The largest absolute Gasteiger partial charge is 0.461 e. The fourth-order valence-electron chi connectivity index (χ4n) is 1.54. The van der Waals surface area contributed by atoms with Crippen LogP contribution in [0.4, 0.5) is 14.5 Å². The van der Waals surface area contributed by atoms with Gasteiger partial charge in [-0.15, -0.1) is 0 Å². The Morgan fingerprint density at radius 1 is 1.47 bits per heavy atom. The van der Waals surface area contributed by atoms with Gasteiger partial charge in [0, 0.05) is 5.56 Å². The Morgan fingerprint density at radius 2 is 2.21 bits per heavy atom. The topological polar surface area (TPSA) is 81.0 Å². The van der Waals surface area contributed by atoms with E-state index >= 15 is 0 Å². The van der Waals surface area contributed by atoms with Crippen molar-refractivity contribution >= 4 is 11.7 Å². The number of H-pyrrole nitrogens is 1. The van der Waals surface area contributed by atoms with E-state index in [2.05, 4.69) is 10.2 Å². The number of carbonyl (C=O) groups excluding carboxylic acids is 1. The second kappa shape index (κ2) is 5.05. The van der Waals surface area contributed by atoms with Gasteiger partial charge in [-0.05, 0) is 25.1 Å². The van der Waals surface area contributed by atoms with Gasteiger partial charge in [0.05, 0.1) is 12.3 Å². The number of rotatable bonds is 3. The van der Waals surface area contributed by atoms with Crippen LogP contribution < -0.4 is 5.73 Å². The number of halogens is 2.